The van der Waals surface area contributed by atoms with Crippen molar-refractivity contribution in [2.75, 3.05) is 60.6 Å². The summed E-state index contributed by atoms with van der Waals surface area (Å²) in [6.45, 7) is 6.81. The lowest BCUT2D eigenvalue weighted by molar-refractivity contribution is 0.0372. The van der Waals surface area contributed by atoms with Crippen molar-refractivity contribution in [3.8, 4) is 5.75 Å². The van der Waals surface area contributed by atoms with E-state index in [0.717, 1.165) is 64.1 Å². The van der Waals surface area contributed by atoms with Gasteiger partial charge >= 0.3 is 0 Å². The number of morpholine rings is 1. The summed E-state index contributed by atoms with van der Waals surface area (Å²) >= 11 is 0. The van der Waals surface area contributed by atoms with Gasteiger partial charge in [0.2, 0.25) is 0 Å². The largest absolute Gasteiger partial charge is 0.497 e. The lowest BCUT2D eigenvalue weighted by Gasteiger charge is -2.26. The number of guanidine groups is 1. The van der Waals surface area contributed by atoms with Crippen molar-refractivity contribution in [1.29, 1.82) is 0 Å². The van der Waals surface area contributed by atoms with Crippen LogP contribution in [0.1, 0.15) is 18.4 Å². The van der Waals surface area contributed by atoms with Crippen LogP contribution in [0.15, 0.2) is 29.3 Å². The van der Waals surface area contributed by atoms with E-state index in [1.807, 2.05) is 19.2 Å². The predicted octanol–water partition coefficient (Wildman–Crippen LogP) is 2.43. The topological polar surface area (TPSA) is 49.3 Å². The van der Waals surface area contributed by atoms with Gasteiger partial charge in [0.05, 0.1) is 20.3 Å². The zero-order valence-corrected chi connectivity index (χ0v) is 18.6. The van der Waals surface area contributed by atoms with Crippen LogP contribution in [0.25, 0.3) is 0 Å². The number of nitrogens with one attached hydrogen (secondary N) is 1. The number of nitrogens with zero attached hydrogens (tertiary/aromatic N) is 3. The van der Waals surface area contributed by atoms with Crippen molar-refractivity contribution in [1.82, 2.24) is 15.1 Å². The summed E-state index contributed by atoms with van der Waals surface area (Å²) in [5.74, 6) is 1.82. The second-order valence-corrected chi connectivity index (χ2v) is 6.34. The molecule has 0 aromatic heterocycles. The van der Waals surface area contributed by atoms with Crippen LogP contribution in [-0.4, -0.2) is 76.4 Å². The number of rotatable bonds is 8. The standard InChI is InChI=1S/C19H32N4O2.HI/c1-20-19(21-10-4-5-11-23-12-14-25-15-13-23)22(2)16-17-6-8-18(24-3)9-7-17;/h6-9H,4-5,10-16H2,1-3H3,(H,20,21);1H. The van der Waals surface area contributed by atoms with Crippen molar-refractivity contribution < 1.29 is 9.47 Å². The summed E-state index contributed by atoms with van der Waals surface area (Å²) in [7, 11) is 5.58. The summed E-state index contributed by atoms with van der Waals surface area (Å²) in [5.41, 5.74) is 1.23. The molecule has 26 heavy (non-hydrogen) atoms. The van der Waals surface area contributed by atoms with Crippen LogP contribution in [0.3, 0.4) is 0 Å². The highest BCUT2D eigenvalue weighted by atomic mass is 127. The second kappa shape index (κ2) is 13.2. The Balaban J connectivity index is 0.00000338. The summed E-state index contributed by atoms with van der Waals surface area (Å²) in [6.07, 6.45) is 2.35. The van der Waals surface area contributed by atoms with E-state index in [0.29, 0.717) is 0 Å². The molecule has 1 aromatic carbocycles. The molecule has 0 aliphatic carbocycles. The van der Waals surface area contributed by atoms with Crippen LogP contribution in [0.5, 0.6) is 5.75 Å². The van der Waals surface area contributed by atoms with E-state index in [1.54, 1.807) is 7.11 Å². The van der Waals surface area contributed by atoms with Crippen LogP contribution >= 0.6 is 24.0 Å². The Hall–Kier alpha value is -1.06. The SMILES string of the molecule is CN=C(NCCCCN1CCOCC1)N(C)Cc1ccc(OC)cc1.I. The van der Waals surface area contributed by atoms with Gasteiger partial charge in [0, 0.05) is 40.3 Å². The third-order valence-corrected chi connectivity index (χ3v) is 4.44. The van der Waals surface area contributed by atoms with Gasteiger partial charge in [0.1, 0.15) is 5.75 Å². The van der Waals surface area contributed by atoms with E-state index < -0.39 is 0 Å². The van der Waals surface area contributed by atoms with Crippen molar-refractivity contribution in [2.45, 2.75) is 19.4 Å². The quantitative estimate of drug-likeness (QED) is 0.271. The first kappa shape index (κ1) is 23.0. The van der Waals surface area contributed by atoms with Crippen LogP contribution in [-0.2, 0) is 11.3 Å². The van der Waals surface area contributed by atoms with E-state index >= 15 is 0 Å². The van der Waals surface area contributed by atoms with E-state index in [9.17, 15) is 0 Å². The molecule has 0 spiro atoms. The number of methoxy groups -OCH3 is 1. The third-order valence-electron chi connectivity index (χ3n) is 4.44. The minimum atomic E-state index is 0. The fourth-order valence-corrected chi connectivity index (χ4v) is 2.95. The number of hydrogen-bond donors (Lipinski definition) is 1. The molecule has 1 aromatic rings. The summed E-state index contributed by atoms with van der Waals surface area (Å²) < 4.78 is 10.6. The molecule has 0 saturated carbocycles. The van der Waals surface area contributed by atoms with Crippen LogP contribution in [0.4, 0.5) is 0 Å². The van der Waals surface area contributed by atoms with Crippen LogP contribution in [0, 0.1) is 0 Å². The predicted molar refractivity (Wildman–Crippen MR) is 118 cm³/mol. The molecule has 1 saturated heterocycles. The summed E-state index contributed by atoms with van der Waals surface area (Å²) in [4.78, 5) is 9.01. The fourth-order valence-electron chi connectivity index (χ4n) is 2.95. The van der Waals surface area contributed by atoms with Crippen molar-refractivity contribution in [3.05, 3.63) is 29.8 Å². The van der Waals surface area contributed by atoms with Crippen molar-refractivity contribution in [2.24, 2.45) is 4.99 Å². The number of ether oxygens (including phenoxy) is 2. The van der Waals surface area contributed by atoms with Crippen LogP contribution in [0.2, 0.25) is 0 Å². The molecule has 1 heterocycles. The molecule has 0 radical (unpaired) electrons. The highest BCUT2D eigenvalue weighted by Crippen LogP contribution is 2.12. The molecule has 148 valence electrons. The fraction of sp³-hybridized carbons (Fsp3) is 0.632. The van der Waals surface area contributed by atoms with Gasteiger partial charge in [-0.15, -0.1) is 24.0 Å². The first-order chi connectivity index (χ1) is 12.2. The number of hydrogen-bond acceptors (Lipinski definition) is 4. The van der Waals surface area contributed by atoms with Gasteiger partial charge in [-0.1, -0.05) is 12.1 Å². The van der Waals surface area contributed by atoms with Gasteiger partial charge in [-0.3, -0.25) is 9.89 Å². The second-order valence-electron chi connectivity index (χ2n) is 6.34. The molecule has 0 amide bonds. The van der Waals surface area contributed by atoms with Crippen LogP contribution < -0.4 is 10.1 Å². The van der Waals surface area contributed by atoms with Gasteiger partial charge in [-0.25, -0.2) is 0 Å². The van der Waals surface area contributed by atoms with Gasteiger partial charge < -0.3 is 19.7 Å². The monoisotopic (exact) mass is 476 g/mol. The number of unbranched alkanes of at least 4 members (excludes halogenated alkanes) is 1. The average Bonchev–Trinajstić information content (AvgIpc) is 2.66. The molecule has 1 aliphatic rings. The molecular formula is C19H33IN4O2. The molecule has 7 heteroatoms. The summed E-state index contributed by atoms with van der Waals surface area (Å²) in [5, 5.41) is 3.46. The van der Waals surface area contributed by atoms with Crippen molar-refractivity contribution >= 4 is 29.9 Å². The Morgan fingerprint density at radius 1 is 1.23 bits per heavy atom. The normalized spacial score (nSPS) is 15.3. The first-order valence-corrected chi connectivity index (χ1v) is 9.07. The molecule has 0 unspecified atom stereocenters. The average molecular weight is 476 g/mol. The number of benzene rings is 1. The molecule has 0 bridgehead atoms. The summed E-state index contributed by atoms with van der Waals surface area (Å²) in [6, 6.07) is 8.16. The van der Waals surface area contributed by atoms with E-state index in [2.05, 4.69) is 39.3 Å². The highest BCUT2D eigenvalue weighted by Gasteiger charge is 2.10. The Kier molecular flexibility index (Phi) is 11.6. The number of halogens is 1. The molecular weight excluding hydrogens is 443 g/mol. The van der Waals surface area contributed by atoms with E-state index in [1.165, 1.54) is 12.0 Å². The van der Waals surface area contributed by atoms with Gasteiger partial charge in [-0.05, 0) is 37.1 Å². The minimum Gasteiger partial charge on any atom is -0.497 e. The van der Waals surface area contributed by atoms with Gasteiger partial charge in [-0.2, -0.15) is 0 Å². The molecule has 0 atom stereocenters. The Labute approximate surface area is 175 Å². The molecule has 1 aliphatic heterocycles. The maximum atomic E-state index is 5.38. The molecule has 1 fully saturated rings. The maximum absolute atomic E-state index is 5.38. The zero-order valence-electron chi connectivity index (χ0n) is 16.2. The van der Waals surface area contributed by atoms with Gasteiger partial charge in [0.25, 0.3) is 0 Å². The smallest absolute Gasteiger partial charge is 0.193 e. The minimum absolute atomic E-state index is 0. The Morgan fingerprint density at radius 2 is 1.92 bits per heavy atom. The molecule has 1 N–H and O–H groups in total. The van der Waals surface area contributed by atoms with Crippen molar-refractivity contribution in [3.63, 3.8) is 0 Å². The Morgan fingerprint density at radius 3 is 2.54 bits per heavy atom. The molecule has 2 rings (SSSR count). The lowest BCUT2D eigenvalue weighted by Crippen LogP contribution is -2.39. The number of aliphatic imine (C=N–C) groups is 1. The third kappa shape index (κ3) is 8.09. The van der Waals surface area contributed by atoms with E-state index in [4.69, 9.17) is 9.47 Å². The lowest BCUT2D eigenvalue weighted by atomic mass is 10.2. The Bertz CT molecular complexity index is 519. The van der Waals surface area contributed by atoms with E-state index in [-0.39, 0.29) is 24.0 Å². The highest BCUT2D eigenvalue weighted by molar-refractivity contribution is 14.0. The first-order valence-electron chi connectivity index (χ1n) is 9.07. The zero-order chi connectivity index (χ0) is 17.9. The maximum Gasteiger partial charge on any atom is 0.193 e. The molecule has 6 nitrogen and oxygen atoms in total. The van der Waals surface area contributed by atoms with Gasteiger partial charge in [0.15, 0.2) is 5.96 Å².